The van der Waals surface area contributed by atoms with Crippen molar-refractivity contribution >= 4 is 41.0 Å². The standard InChI is InChI=1S/C35H57N9O10/c1-6-31(46)41(15-19-52-3)25-35(50)42(16-20-53-4)26-32(47)39(12-9-13-44-22-29(37-38-44)28-10-7-8-11-28)24-34(49)43(17-21-54-5)27-33(48)40(14-18-51-2)23-30(36)45/h7-8,10,22H,6,9,11-21,23-27H2,1-5H3,(H2,36,45). The van der Waals surface area contributed by atoms with Gasteiger partial charge in [0.2, 0.25) is 35.4 Å². The number of primary amides is 1. The van der Waals surface area contributed by atoms with Gasteiger partial charge in [-0.2, -0.15) is 0 Å². The Kier molecular flexibility index (Phi) is 21.3. The van der Waals surface area contributed by atoms with E-state index in [0.29, 0.717) is 13.0 Å². The number of nitrogens with zero attached hydrogens (tertiary/aromatic N) is 8. The van der Waals surface area contributed by atoms with Crippen LogP contribution >= 0.6 is 0 Å². The van der Waals surface area contributed by atoms with Gasteiger partial charge in [-0.15, -0.1) is 5.10 Å². The molecule has 1 heterocycles. The van der Waals surface area contributed by atoms with Gasteiger partial charge in [-0.05, 0) is 18.4 Å². The Morgan fingerprint density at radius 2 is 1.09 bits per heavy atom. The summed E-state index contributed by atoms with van der Waals surface area (Å²) in [5, 5.41) is 8.45. The number of carbonyl (C=O) groups is 6. The van der Waals surface area contributed by atoms with Crippen LogP contribution < -0.4 is 5.73 Å². The number of ether oxygens (including phenoxy) is 4. The van der Waals surface area contributed by atoms with E-state index in [4.69, 9.17) is 24.7 Å². The maximum absolute atomic E-state index is 14.0. The van der Waals surface area contributed by atoms with Gasteiger partial charge < -0.3 is 49.2 Å². The van der Waals surface area contributed by atoms with Gasteiger partial charge in [-0.25, -0.2) is 0 Å². The van der Waals surface area contributed by atoms with Crippen LogP contribution in [0.3, 0.4) is 0 Å². The number of aromatic nitrogens is 3. The van der Waals surface area contributed by atoms with Crippen LogP contribution in [0.1, 0.15) is 31.9 Å². The van der Waals surface area contributed by atoms with Gasteiger partial charge in [0.05, 0.1) is 65.3 Å². The molecule has 0 fully saturated rings. The number of amides is 6. The Morgan fingerprint density at radius 3 is 1.48 bits per heavy atom. The van der Waals surface area contributed by atoms with Crippen molar-refractivity contribution in [2.75, 3.05) is 120 Å². The Hall–Kier alpha value is -4.72. The van der Waals surface area contributed by atoms with Crippen molar-refractivity contribution in [3.05, 3.63) is 30.1 Å². The number of nitrogens with two attached hydrogens (primary N) is 1. The van der Waals surface area contributed by atoms with Gasteiger partial charge in [-0.3, -0.25) is 33.4 Å². The van der Waals surface area contributed by atoms with Crippen LogP contribution in [0.15, 0.2) is 24.4 Å². The van der Waals surface area contributed by atoms with E-state index in [1.54, 1.807) is 11.6 Å². The Bertz CT molecular complexity index is 1430. The number of rotatable bonds is 28. The molecule has 2 rings (SSSR count). The average Bonchev–Trinajstić information content (AvgIpc) is 3.87. The predicted octanol–water partition coefficient (Wildman–Crippen LogP) is -1.36. The fourth-order valence-electron chi connectivity index (χ4n) is 5.35. The molecule has 0 saturated heterocycles. The van der Waals surface area contributed by atoms with Crippen LogP contribution in [0.5, 0.6) is 0 Å². The first-order chi connectivity index (χ1) is 26.0. The van der Waals surface area contributed by atoms with Crippen molar-refractivity contribution < 1.29 is 47.7 Å². The SMILES string of the molecule is CCC(=O)N(CCOC)CC(=O)N(CCOC)CC(=O)N(CCCn1cc(C2=CC=CC2)nn1)CC(=O)N(CCOC)CC(=O)N(CCOC)CC(N)=O. The summed E-state index contributed by atoms with van der Waals surface area (Å²) in [5.74, 6) is -3.09. The lowest BCUT2D eigenvalue weighted by atomic mass is 10.2. The van der Waals surface area contributed by atoms with Crippen LogP contribution in [0.4, 0.5) is 0 Å². The number of aryl methyl sites for hydroxylation is 1. The fraction of sp³-hybridized carbons (Fsp3) is 0.657. The monoisotopic (exact) mass is 763 g/mol. The molecule has 2 N–H and O–H groups in total. The predicted molar refractivity (Wildman–Crippen MR) is 196 cm³/mol. The summed E-state index contributed by atoms with van der Waals surface area (Å²) >= 11 is 0. The molecule has 0 aromatic carbocycles. The van der Waals surface area contributed by atoms with Crippen molar-refractivity contribution in [3.8, 4) is 0 Å². The highest BCUT2D eigenvalue weighted by Gasteiger charge is 2.28. The maximum atomic E-state index is 14.0. The maximum Gasteiger partial charge on any atom is 0.242 e. The third kappa shape index (κ3) is 16.1. The second kappa shape index (κ2) is 25.3. The molecule has 0 radical (unpaired) electrons. The molecule has 6 amide bonds. The van der Waals surface area contributed by atoms with Crippen LogP contribution in [-0.2, 0) is 54.3 Å². The second-order valence-corrected chi connectivity index (χ2v) is 12.4. The van der Waals surface area contributed by atoms with Crippen LogP contribution in [0.25, 0.3) is 5.57 Å². The zero-order chi connectivity index (χ0) is 39.9. The molecule has 0 spiro atoms. The molecule has 1 aromatic rings. The normalized spacial score (nSPS) is 12.0. The number of hydrogen-bond donors (Lipinski definition) is 1. The first kappa shape index (κ1) is 45.4. The molecule has 0 aliphatic heterocycles. The van der Waals surface area contributed by atoms with Crippen LogP contribution in [-0.4, -0.2) is 195 Å². The van der Waals surface area contributed by atoms with E-state index in [0.717, 1.165) is 17.7 Å². The summed E-state index contributed by atoms with van der Waals surface area (Å²) in [7, 11) is 5.86. The Labute approximate surface area is 316 Å². The molecule has 0 unspecified atom stereocenters. The summed E-state index contributed by atoms with van der Waals surface area (Å²) < 4.78 is 22.2. The van der Waals surface area contributed by atoms with Gasteiger partial charge in [0.15, 0.2) is 0 Å². The zero-order valence-corrected chi connectivity index (χ0v) is 32.3. The third-order valence-electron chi connectivity index (χ3n) is 8.43. The van der Waals surface area contributed by atoms with Crippen molar-refractivity contribution in [2.45, 2.75) is 32.7 Å². The van der Waals surface area contributed by atoms with Gasteiger partial charge in [-0.1, -0.05) is 30.4 Å². The molecule has 19 heteroatoms. The van der Waals surface area contributed by atoms with Crippen LogP contribution in [0, 0.1) is 0 Å². The van der Waals surface area contributed by atoms with Gasteiger partial charge >= 0.3 is 0 Å². The molecule has 0 bridgehead atoms. The minimum Gasteiger partial charge on any atom is -0.383 e. The highest BCUT2D eigenvalue weighted by atomic mass is 16.5. The smallest absolute Gasteiger partial charge is 0.242 e. The van der Waals surface area contributed by atoms with Gasteiger partial charge in [0, 0.05) is 74.1 Å². The van der Waals surface area contributed by atoms with E-state index in [9.17, 15) is 28.8 Å². The molecule has 0 saturated carbocycles. The second-order valence-electron chi connectivity index (χ2n) is 12.4. The number of methoxy groups -OCH3 is 4. The summed E-state index contributed by atoms with van der Waals surface area (Å²) in [6.45, 7) is 1.21. The zero-order valence-electron chi connectivity index (χ0n) is 32.3. The molecular weight excluding hydrogens is 706 g/mol. The van der Waals surface area contributed by atoms with E-state index >= 15 is 0 Å². The van der Waals surface area contributed by atoms with Crippen molar-refractivity contribution in [1.29, 1.82) is 0 Å². The lowest BCUT2D eigenvalue weighted by Gasteiger charge is -2.31. The third-order valence-corrected chi connectivity index (χ3v) is 8.43. The molecule has 302 valence electrons. The quantitative estimate of drug-likeness (QED) is 0.105. The van der Waals surface area contributed by atoms with Crippen molar-refractivity contribution in [2.24, 2.45) is 5.73 Å². The Balaban J connectivity index is 2.32. The summed E-state index contributed by atoms with van der Waals surface area (Å²) in [4.78, 5) is 85.5. The molecular formula is C35H57N9O10. The van der Waals surface area contributed by atoms with E-state index < -0.39 is 49.2 Å². The highest BCUT2D eigenvalue weighted by molar-refractivity contribution is 5.92. The summed E-state index contributed by atoms with van der Waals surface area (Å²) in [6, 6.07) is 0. The highest BCUT2D eigenvalue weighted by Crippen LogP contribution is 2.20. The van der Waals surface area contributed by atoms with Crippen molar-refractivity contribution in [1.82, 2.24) is 39.5 Å². The van der Waals surface area contributed by atoms with Gasteiger partial charge in [0.1, 0.15) is 5.69 Å². The van der Waals surface area contributed by atoms with Crippen molar-refractivity contribution in [3.63, 3.8) is 0 Å². The molecule has 54 heavy (non-hydrogen) atoms. The fourth-order valence-corrected chi connectivity index (χ4v) is 5.35. The molecule has 19 nitrogen and oxygen atoms in total. The van der Waals surface area contributed by atoms with E-state index in [2.05, 4.69) is 10.3 Å². The molecule has 0 atom stereocenters. The molecule has 1 aliphatic carbocycles. The number of hydrogen-bond acceptors (Lipinski definition) is 12. The minimum absolute atomic E-state index is 0.0193. The minimum atomic E-state index is -0.726. The van der Waals surface area contributed by atoms with E-state index in [-0.39, 0.29) is 84.6 Å². The topological polar surface area (TPSA) is 212 Å². The first-order valence-electron chi connectivity index (χ1n) is 17.9. The van der Waals surface area contributed by atoms with E-state index in [1.807, 2.05) is 24.4 Å². The van der Waals surface area contributed by atoms with Gasteiger partial charge in [0.25, 0.3) is 0 Å². The van der Waals surface area contributed by atoms with E-state index in [1.165, 1.54) is 52.9 Å². The molecule has 1 aromatic heterocycles. The largest absolute Gasteiger partial charge is 0.383 e. The Morgan fingerprint density at radius 1 is 0.667 bits per heavy atom. The average molecular weight is 764 g/mol. The molecule has 1 aliphatic rings. The summed E-state index contributed by atoms with van der Waals surface area (Å²) in [5.41, 5.74) is 7.14. The lowest BCUT2D eigenvalue weighted by molar-refractivity contribution is -0.148. The van der Waals surface area contributed by atoms with Crippen LogP contribution in [0.2, 0.25) is 0 Å². The number of carbonyl (C=O) groups excluding carboxylic acids is 6. The lowest BCUT2D eigenvalue weighted by Crippen LogP contribution is -2.52. The first-order valence-corrected chi connectivity index (χ1v) is 17.9. The summed E-state index contributed by atoms with van der Waals surface area (Å²) in [6.07, 6.45) is 9.07. The number of allylic oxidation sites excluding steroid dienone is 4.